The third-order valence-electron chi connectivity index (χ3n) is 4.53. The number of rotatable bonds is 7. The van der Waals surface area contributed by atoms with Crippen LogP contribution in [0.3, 0.4) is 0 Å². The molecule has 0 unspecified atom stereocenters. The number of hydrogen-bond acceptors (Lipinski definition) is 7. The molecule has 4 aromatic rings. The van der Waals surface area contributed by atoms with Crippen molar-refractivity contribution in [3.8, 4) is 17.3 Å². The van der Waals surface area contributed by atoms with Crippen molar-refractivity contribution in [2.24, 2.45) is 0 Å². The van der Waals surface area contributed by atoms with Crippen molar-refractivity contribution in [3.63, 3.8) is 0 Å². The van der Waals surface area contributed by atoms with Crippen molar-refractivity contribution in [2.75, 3.05) is 20.3 Å². The quantitative estimate of drug-likeness (QED) is 0.351. The second kappa shape index (κ2) is 9.21. The molecule has 0 saturated heterocycles. The molecule has 10 heteroatoms. The van der Waals surface area contributed by atoms with Crippen LogP contribution in [0, 0.1) is 5.82 Å². The highest BCUT2D eigenvalue weighted by Crippen LogP contribution is 2.19. The molecule has 0 aliphatic carbocycles. The summed E-state index contributed by atoms with van der Waals surface area (Å²) in [6.07, 6.45) is 0. The first-order valence-corrected chi connectivity index (χ1v) is 9.63. The van der Waals surface area contributed by atoms with Gasteiger partial charge in [0.05, 0.1) is 19.2 Å². The average molecular weight is 435 g/mol. The van der Waals surface area contributed by atoms with Gasteiger partial charge in [0.25, 0.3) is 5.91 Å². The van der Waals surface area contributed by atoms with E-state index in [9.17, 15) is 14.0 Å². The number of ether oxygens (including phenoxy) is 2. The molecule has 0 aliphatic heterocycles. The lowest BCUT2D eigenvalue weighted by Gasteiger charge is -2.08. The van der Waals surface area contributed by atoms with E-state index in [1.54, 1.807) is 24.3 Å². The molecular weight excluding hydrogens is 417 g/mol. The molecule has 0 radical (unpaired) electrons. The minimum atomic E-state index is -0.469. The minimum Gasteiger partial charge on any atom is -0.475 e. The number of aromatic nitrogens is 4. The van der Waals surface area contributed by atoms with Gasteiger partial charge in [0, 0.05) is 17.2 Å². The van der Waals surface area contributed by atoms with Crippen LogP contribution in [0.2, 0.25) is 0 Å². The summed E-state index contributed by atoms with van der Waals surface area (Å²) in [4.78, 5) is 23.7. The van der Waals surface area contributed by atoms with Crippen LogP contribution < -0.4 is 10.1 Å². The van der Waals surface area contributed by atoms with Crippen molar-refractivity contribution >= 4 is 17.5 Å². The zero-order chi connectivity index (χ0) is 22.5. The highest BCUT2D eigenvalue weighted by atomic mass is 19.1. The molecule has 0 atom stereocenters. The van der Waals surface area contributed by atoms with E-state index in [1.807, 2.05) is 0 Å². The molecule has 2 heterocycles. The number of carbonyl (C=O) groups excluding carboxylic acids is 2. The second-order valence-electron chi connectivity index (χ2n) is 6.65. The van der Waals surface area contributed by atoms with Crippen molar-refractivity contribution in [1.29, 1.82) is 0 Å². The number of esters is 1. The number of halogens is 1. The largest absolute Gasteiger partial charge is 0.475 e. The summed E-state index contributed by atoms with van der Waals surface area (Å²) in [5.41, 5.74) is 1.79. The number of benzene rings is 2. The molecule has 2 aromatic carbocycles. The molecule has 0 bridgehead atoms. The number of carbonyl (C=O) groups is 2. The van der Waals surface area contributed by atoms with E-state index in [2.05, 4.69) is 25.3 Å². The zero-order valence-corrected chi connectivity index (χ0v) is 17.0. The van der Waals surface area contributed by atoms with Gasteiger partial charge in [-0.2, -0.15) is 4.52 Å². The van der Waals surface area contributed by atoms with Gasteiger partial charge >= 0.3 is 5.97 Å². The van der Waals surface area contributed by atoms with Crippen LogP contribution in [0.5, 0.6) is 5.88 Å². The Hall–Kier alpha value is -4.34. The lowest BCUT2D eigenvalue weighted by atomic mass is 10.1. The fraction of sp³-hybridized carbons (Fsp3) is 0.136. The van der Waals surface area contributed by atoms with Gasteiger partial charge in [0.1, 0.15) is 12.4 Å². The van der Waals surface area contributed by atoms with E-state index >= 15 is 0 Å². The first-order valence-electron chi connectivity index (χ1n) is 9.63. The molecule has 9 nitrogen and oxygen atoms in total. The van der Waals surface area contributed by atoms with Crippen LogP contribution >= 0.6 is 0 Å². The predicted molar refractivity (Wildman–Crippen MR) is 112 cm³/mol. The van der Waals surface area contributed by atoms with Gasteiger partial charge in [-0.05, 0) is 42.5 Å². The van der Waals surface area contributed by atoms with Crippen molar-refractivity contribution in [3.05, 3.63) is 77.6 Å². The number of hydrogen-bond donors (Lipinski definition) is 1. The normalized spacial score (nSPS) is 10.7. The molecule has 1 N–H and O–H groups in total. The molecule has 1 amide bonds. The molecule has 162 valence electrons. The fourth-order valence-corrected chi connectivity index (χ4v) is 2.95. The standard InChI is InChI=1S/C22H18FN5O4/c1-31-22(30)15-7-5-14(6-8-15)21(29)24-11-12-32-19-10-9-18-25-26-20(28(18)27-19)16-3-2-4-17(23)13-16/h2-10,13H,11-12H2,1H3,(H,24,29). The van der Waals surface area contributed by atoms with E-state index in [0.29, 0.717) is 34.0 Å². The molecule has 0 fully saturated rings. The van der Waals surface area contributed by atoms with Crippen molar-refractivity contribution < 1.29 is 23.5 Å². The highest BCUT2D eigenvalue weighted by Gasteiger charge is 2.12. The molecule has 0 saturated carbocycles. The number of fused-ring (bicyclic) bond motifs is 1. The second-order valence-corrected chi connectivity index (χ2v) is 6.65. The summed E-state index contributed by atoms with van der Waals surface area (Å²) < 4.78 is 25.3. The monoisotopic (exact) mass is 435 g/mol. The Morgan fingerprint density at radius 2 is 1.81 bits per heavy atom. The zero-order valence-electron chi connectivity index (χ0n) is 17.0. The average Bonchev–Trinajstić information content (AvgIpc) is 3.24. The molecule has 4 rings (SSSR count). The summed E-state index contributed by atoms with van der Waals surface area (Å²) in [5, 5.41) is 15.2. The number of methoxy groups -OCH3 is 1. The molecule has 0 aliphatic rings. The van der Waals surface area contributed by atoms with Crippen LogP contribution in [0.25, 0.3) is 17.0 Å². The van der Waals surface area contributed by atoms with Crippen LogP contribution in [0.4, 0.5) is 4.39 Å². The maximum absolute atomic E-state index is 13.5. The molecule has 32 heavy (non-hydrogen) atoms. The van der Waals surface area contributed by atoms with E-state index in [0.717, 1.165) is 0 Å². The maximum Gasteiger partial charge on any atom is 0.337 e. The maximum atomic E-state index is 13.5. The van der Waals surface area contributed by atoms with Gasteiger partial charge in [-0.1, -0.05) is 12.1 Å². The predicted octanol–water partition coefficient (Wildman–Crippen LogP) is 2.53. The van der Waals surface area contributed by atoms with E-state index in [1.165, 1.54) is 48.0 Å². The summed E-state index contributed by atoms with van der Waals surface area (Å²) >= 11 is 0. The first-order chi connectivity index (χ1) is 15.5. The third-order valence-corrected chi connectivity index (χ3v) is 4.53. The highest BCUT2D eigenvalue weighted by molar-refractivity contribution is 5.96. The van der Waals surface area contributed by atoms with E-state index in [4.69, 9.17) is 4.74 Å². The van der Waals surface area contributed by atoms with Gasteiger partial charge in [0.15, 0.2) is 11.5 Å². The topological polar surface area (TPSA) is 108 Å². The first kappa shape index (κ1) is 20.9. The summed E-state index contributed by atoms with van der Waals surface area (Å²) in [6, 6.07) is 15.4. The molecule has 0 spiro atoms. The van der Waals surface area contributed by atoms with Crippen molar-refractivity contribution in [2.45, 2.75) is 0 Å². The number of nitrogens with zero attached hydrogens (tertiary/aromatic N) is 4. The van der Waals surface area contributed by atoms with Crippen LogP contribution in [0.1, 0.15) is 20.7 Å². The smallest absolute Gasteiger partial charge is 0.337 e. The van der Waals surface area contributed by atoms with Gasteiger partial charge in [-0.15, -0.1) is 15.3 Å². The van der Waals surface area contributed by atoms with Crippen LogP contribution in [-0.4, -0.2) is 51.9 Å². The Labute approximate surface area is 181 Å². The van der Waals surface area contributed by atoms with Gasteiger partial charge in [0.2, 0.25) is 5.88 Å². The number of nitrogens with one attached hydrogen (secondary N) is 1. The number of amides is 1. The lowest BCUT2D eigenvalue weighted by Crippen LogP contribution is -2.28. The summed E-state index contributed by atoms with van der Waals surface area (Å²) in [5.74, 6) is -0.480. The Kier molecular flexibility index (Phi) is 6.02. The fourth-order valence-electron chi connectivity index (χ4n) is 2.95. The Morgan fingerprint density at radius 3 is 2.56 bits per heavy atom. The van der Waals surface area contributed by atoms with E-state index < -0.39 is 5.97 Å². The summed E-state index contributed by atoms with van der Waals surface area (Å²) in [6.45, 7) is 0.401. The molecule has 2 aromatic heterocycles. The van der Waals surface area contributed by atoms with Gasteiger partial charge in [-0.25, -0.2) is 9.18 Å². The third kappa shape index (κ3) is 4.53. The Bertz CT molecular complexity index is 1270. The Morgan fingerprint density at radius 1 is 1.03 bits per heavy atom. The SMILES string of the molecule is COC(=O)c1ccc(C(=O)NCCOc2ccc3nnc(-c4cccc(F)c4)n3n2)cc1. The molecular formula is C22H18FN5O4. The lowest BCUT2D eigenvalue weighted by molar-refractivity contribution is 0.0600. The Balaban J connectivity index is 1.36. The summed E-state index contributed by atoms with van der Waals surface area (Å²) in [7, 11) is 1.29. The van der Waals surface area contributed by atoms with Gasteiger partial charge in [-0.3, -0.25) is 4.79 Å². The minimum absolute atomic E-state index is 0.169. The van der Waals surface area contributed by atoms with E-state index in [-0.39, 0.29) is 24.9 Å². The van der Waals surface area contributed by atoms with Crippen molar-refractivity contribution in [1.82, 2.24) is 25.1 Å². The van der Waals surface area contributed by atoms with Crippen LogP contribution in [0.15, 0.2) is 60.7 Å². The van der Waals surface area contributed by atoms with Gasteiger partial charge < -0.3 is 14.8 Å². The van der Waals surface area contributed by atoms with Crippen LogP contribution in [-0.2, 0) is 4.74 Å².